The third-order valence-corrected chi connectivity index (χ3v) is 5.69. The zero-order chi connectivity index (χ0) is 21.8. The maximum absolute atomic E-state index is 13.0. The molecule has 7 nitrogen and oxygen atoms in total. The lowest BCUT2D eigenvalue weighted by atomic mass is 10.1. The van der Waals surface area contributed by atoms with Crippen LogP contribution in [-0.4, -0.2) is 54.8 Å². The molecule has 1 N–H and O–H groups in total. The summed E-state index contributed by atoms with van der Waals surface area (Å²) < 4.78 is 6.02. The number of piperidine rings is 1. The Labute approximate surface area is 182 Å². The highest BCUT2D eigenvalue weighted by Crippen LogP contribution is 2.33. The summed E-state index contributed by atoms with van der Waals surface area (Å²) in [6.07, 6.45) is 2.54. The van der Waals surface area contributed by atoms with Crippen molar-refractivity contribution in [2.45, 2.75) is 32.3 Å². The first-order valence-electron chi connectivity index (χ1n) is 10.7. The molecule has 2 aromatic rings. The first-order valence-corrected chi connectivity index (χ1v) is 10.7. The standard InChI is InChI=1S/C24H27N3O4/c1-17(28)18-8-7-9-19(14-18)25-23(29)16-27-15-22(24(30)26-12-5-2-6-13-26)31-21-11-4-3-10-20(21)27/h3-4,7-11,14,22H,2,5-6,12-13,15-16H2,1H3,(H,25,29)/t22-/m1/s1. The van der Waals surface area contributed by atoms with Gasteiger partial charge in [0.2, 0.25) is 5.91 Å². The SMILES string of the molecule is CC(=O)c1cccc(NC(=O)CN2C[C@H](C(=O)N3CCCCC3)Oc3ccccc32)c1. The van der Waals surface area contributed by atoms with Crippen LogP contribution in [0, 0.1) is 0 Å². The van der Waals surface area contributed by atoms with Gasteiger partial charge in [-0.15, -0.1) is 0 Å². The van der Waals surface area contributed by atoms with Crippen molar-refractivity contribution < 1.29 is 19.1 Å². The third-order valence-electron chi connectivity index (χ3n) is 5.69. The monoisotopic (exact) mass is 421 g/mol. The topological polar surface area (TPSA) is 79.0 Å². The summed E-state index contributed by atoms with van der Waals surface area (Å²) >= 11 is 0. The number of hydrogen-bond acceptors (Lipinski definition) is 5. The van der Waals surface area contributed by atoms with Crippen LogP contribution < -0.4 is 15.0 Å². The summed E-state index contributed by atoms with van der Waals surface area (Å²) in [5.74, 6) is 0.308. The number of amides is 2. The summed E-state index contributed by atoms with van der Waals surface area (Å²) in [4.78, 5) is 41.2. The molecule has 2 heterocycles. The fourth-order valence-electron chi connectivity index (χ4n) is 4.09. The minimum atomic E-state index is -0.637. The van der Waals surface area contributed by atoms with Gasteiger partial charge in [-0.3, -0.25) is 14.4 Å². The van der Waals surface area contributed by atoms with Gasteiger partial charge in [0.05, 0.1) is 18.8 Å². The second-order valence-corrected chi connectivity index (χ2v) is 8.03. The predicted molar refractivity (Wildman–Crippen MR) is 119 cm³/mol. The fraction of sp³-hybridized carbons (Fsp3) is 0.375. The number of carbonyl (C=O) groups is 3. The molecule has 0 saturated carbocycles. The highest BCUT2D eigenvalue weighted by Gasteiger charge is 2.34. The van der Waals surface area contributed by atoms with Crippen LogP contribution in [0.2, 0.25) is 0 Å². The van der Waals surface area contributed by atoms with Crippen molar-refractivity contribution in [1.29, 1.82) is 0 Å². The van der Waals surface area contributed by atoms with Crippen LogP contribution in [0.1, 0.15) is 36.5 Å². The number of anilines is 2. The Morgan fingerprint density at radius 1 is 1.03 bits per heavy atom. The molecule has 0 spiro atoms. The zero-order valence-electron chi connectivity index (χ0n) is 17.7. The summed E-state index contributed by atoms with van der Waals surface area (Å²) in [6.45, 7) is 3.40. The van der Waals surface area contributed by atoms with Gasteiger partial charge in [0.1, 0.15) is 5.75 Å². The van der Waals surface area contributed by atoms with Gasteiger partial charge in [0, 0.05) is 24.3 Å². The summed E-state index contributed by atoms with van der Waals surface area (Å²) in [7, 11) is 0. The van der Waals surface area contributed by atoms with Gasteiger partial charge < -0.3 is 19.9 Å². The van der Waals surface area contributed by atoms with E-state index in [0.717, 1.165) is 38.0 Å². The quantitative estimate of drug-likeness (QED) is 0.751. The van der Waals surface area contributed by atoms with Crippen molar-refractivity contribution in [2.24, 2.45) is 0 Å². The largest absolute Gasteiger partial charge is 0.477 e. The molecule has 0 aromatic heterocycles. The van der Waals surface area contributed by atoms with E-state index in [-0.39, 0.29) is 24.1 Å². The molecule has 2 aliphatic heterocycles. The van der Waals surface area contributed by atoms with Crippen molar-refractivity contribution in [3.05, 3.63) is 54.1 Å². The maximum Gasteiger partial charge on any atom is 0.265 e. The van der Waals surface area contributed by atoms with E-state index in [1.807, 2.05) is 34.1 Å². The zero-order valence-corrected chi connectivity index (χ0v) is 17.7. The lowest BCUT2D eigenvalue weighted by Crippen LogP contribution is -2.52. The second kappa shape index (κ2) is 9.20. The highest BCUT2D eigenvalue weighted by molar-refractivity contribution is 5.98. The third kappa shape index (κ3) is 4.87. The van der Waals surface area contributed by atoms with E-state index in [9.17, 15) is 14.4 Å². The van der Waals surface area contributed by atoms with E-state index in [0.29, 0.717) is 23.5 Å². The molecule has 0 aliphatic carbocycles. The molecule has 1 fully saturated rings. The molecule has 1 atom stereocenters. The molecule has 4 rings (SSSR count). The molecule has 0 radical (unpaired) electrons. The number of nitrogens with zero attached hydrogens (tertiary/aromatic N) is 2. The van der Waals surface area contributed by atoms with E-state index in [4.69, 9.17) is 4.74 Å². The Balaban J connectivity index is 1.48. The number of fused-ring (bicyclic) bond motifs is 1. The van der Waals surface area contributed by atoms with Gasteiger partial charge in [0.25, 0.3) is 5.91 Å². The van der Waals surface area contributed by atoms with Crippen molar-refractivity contribution >= 4 is 29.0 Å². The van der Waals surface area contributed by atoms with Crippen molar-refractivity contribution in [2.75, 3.05) is 36.4 Å². The number of benzene rings is 2. The van der Waals surface area contributed by atoms with Gasteiger partial charge in [-0.05, 0) is 50.5 Å². The van der Waals surface area contributed by atoms with Crippen molar-refractivity contribution in [1.82, 2.24) is 4.90 Å². The number of rotatable bonds is 5. The molecule has 0 unspecified atom stereocenters. The average Bonchev–Trinajstić information content (AvgIpc) is 2.79. The summed E-state index contributed by atoms with van der Waals surface area (Å²) in [6, 6.07) is 14.3. The molecule has 0 bridgehead atoms. The molecule has 162 valence electrons. The van der Waals surface area contributed by atoms with Gasteiger partial charge in [0.15, 0.2) is 11.9 Å². The molecule has 2 aromatic carbocycles. The Kier molecular flexibility index (Phi) is 6.21. The summed E-state index contributed by atoms with van der Waals surface area (Å²) in [5, 5.41) is 2.85. The number of ether oxygens (including phenoxy) is 1. The molecule has 1 saturated heterocycles. The number of likely N-dealkylation sites (tertiary alicyclic amines) is 1. The van der Waals surface area contributed by atoms with Crippen molar-refractivity contribution in [3.63, 3.8) is 0 Å². The normalized spacial score (nSPS) is 18.0. The van der Waals surface area contributed by atoms with E-state index in [1.165, 1.54) is 6.92 Å². The minimum absolute atomic E-state index is 0.0197. The second-order valence-electron chi connectivity index (χ2n) is 8.03. The molecule has 2 aliphatic rings. The predicted octanol–water partition coefficient (Wildman–Crippen LogP) is 3.11. The molecule has 7 heteroatoms. The van der Waals surface area contributed by atoms with Crippen molar-refractivity contribution in [3.8, 4) is 5.75 Å². The smallest absolute Gasteiger partial charge is 0.265 e. The Morgan fingerprint density at radius 2 is 1.81 bits per heavy atom. The number of Topliss-reactive ketones (excluding diaryl/α,β-unsaturated/α-hetero) is 1. The molecule has 2 amide bonds. The fourth-order valence-corrected chi connectivity index (χ4v) is 4.09. The summed E-state index contributed by atoms with van der Waals surface area (Å²) in [5.41, 5.74) is 1.90. The number of carbonyl (C=O) groups excluding carboxylic acids is 3. The average molecular weight is 421 g/mol. The van der Waals surface area contributed by atoms with Gasteiger partial charge in [-0.25, -0.2) is 0 Å². The Hall–Kier alpha value is -3.35. The highest BCUT2D eigenvalue weighted by atomic mass is 16.5. The first kappa shape index (κ1) is 20.9. The number of hydrogen-bond donors (Lipinski definition) is 1. The molecular formula is C24H27N3O4. The van der Waals surface area contributed by atoms with Crippen LogP contribution in [0.4, 0.5) is 11.4 Å². The number of nitrogens with one attached hydrogen (secondary N) is 1. The lowest BCUT2D eigenvalue weighted by molar-refractivity contribution is -0.139. The minimum Gasteiger partial charge on any atom is -0.477 e. The number of ketones is 1. The first-order chi connectivity index (χ1) is 15.0. The van der Waals surface area contributed by atoms with E-state index < -0.39 is 6.10 Å². The Bertz CT molecular complexity index is 984. The van der Waals surface area contributed by atoms with Crippen LogP contribution in [0.3, 0.4) is 0 Å². The van der Waals surface area contributed by atoms with Crippen LogP contribution in [0.15, 0.2) is 48.5 Å². The van der Waals surface area contributed by atoms with Gasteiger partial charge in [-0.2, -0.15) is 0 Å². The van der Waals surface area contributed by atoms with Crippen LogP contribution >= 0.6 is 0 Å². The van der Waals surface area contributed by atoms with Gasteiger partial charge in [-0.1, -0.05) is 24.3 Å². The number of para-hydroxylation sites is 2. The maximum atomic E-state index is 13.0. The molecular weight excluding hydrogens is 394 g/mol. The van der Waals surface area contributed by atoms with Gasteiger partial charge >= 0.3 is 0 Å². The van der Waals surface area contributed by atoms with E-state index in [2.05, 4.69) is 5.32 Å². The van der Waals surface area contributed by atoms with E-state index in [1.54, 1.807) is 24.3 Å². The van der Waals surface area contributed by atoms with Crippen LogP contribution in [0.25, 0.3) is 0 Å². The lowest BCUT2D eigenvalue weighted by Gasteiger charge is -2.38. The van der Waals surface area contributed by atoms with Crippen LogP contribution in [-0.2, 0) is 9.59 Å². The van der Waals surface area contributed by atoms with E-state index >= 15 is 0 Å². The Morgan fingerprint density at radius 3 is 2.58 bits per heavy atom. The van der Waals surface area contributed by atoms with Crippen LogP contribution in [0.5, 0.6) is 5.75 Å². The molecule has 31 heavy (non-hydrogen) atoms.